The van der Waals surface area contributed by atoms with Crippen LogP contribution in [0.1, 0.15) is 33.6 Å². The Morgan fingerprint density at radius 3 is 2.12 bits per heavy atom. The Bertz CT molecular complexity index is 260. The zero-order valence-corrected chi connectivity index (χ0v) is 10.2. The Balaban J connectivity index is 2.35. The first-order valence-corrected chi connectivity index (χ1v) is 5.86. The lowest BCUT2D eigenvalue weighted by Crippen LogP contribution is -2.50. The summed E-state index contributed by atoms with van der Waals surface area (Å²) in [7, 11) is 0. The topological polar surface area (TPSA) is 61.4 Å². The Morgan fingerprint density at radius 1 is 1.06 bits per heavy atom. The van der Waals surface area contributed by atoms with Crippen molar-refractivity contribution in [1.82, 2.24) is 15.5 Å². The summed E-state index contributed by atoms with van der Waals surface area (Å²) in [5.74, 6) is 0.0106. The van der Waals surface area contributed by atoms with Crippen molar-refractivity contribution in [3.8, 4) is 0 Å². The van der Waals surface area contributed by atoms with E-state index in [1.54, 1.807) is 11.8 Å². The molecule has 1 unspecified atom stereocenters. The molecule has 5 nitrogen and oxygen atoms in total. The Labute approximate surface area is 96.6 Å². The number of nitrogens with zero attached hydrogens (tertiary/aromatic N) is 1. The number of urea groups is 1. The molecule has 0 aromatic rings. The molecule has 0 aliphatic carbocycles. The zero-order valence-electron chi connectivity index (χ0n) is 10.2. The monoisotopic (exact) mass is 227 g/mol. The second-order valence-corrected chi connectivity index (χ2v) is 4.53. The second kappa shape index (κ2) is 5.72. The number of rotatable bonds is 3. The highest BCUT2D eigenvalue weighted by Crippen LogP contribution is 2.08. The van der Waals surface area contributed by atoms with Gasteiger partial charge in [0.05, 0.1) is 0 Å². The average molecular weight is 227 g/mol. The van der Waals surface area contributed by atoms with Crippen LogP contribution in [0.15, 0.2) is 0 Å². The van der Waals surface area contributed by atoms with Gasteiger partial charge in [-0.1, -0.05) is 0 Å². The summed E-state index contributed by atoms with van der Waals surface area (Å²) in [6, 6.07) is -0.652. The predicted octanol–water partition coefficient (Wildman–Crippen LogP) is 0.705. The molecule has 1 heterocycles. The minimum Gasteiger partial charge on any atom is -0.341 e. The maximum absolute atomic E-state index is 11.8. The van der Waals surface area contributed by atoms with E-state index >= 15 is 0 Å². The fourth-order valence-corrected chi connectivity index (χ4v) is 1.77. The molecule has 0 spiro atoms. The molecule has 92 valence electrons. The molecular formula is C11H21N3O2. The van der Waals surface area contributed by atoms with Crippen LogP contribution in [-0.4, -0.2) is 42.0 Å². The molecule has 0 radical (unpaired) electrons. The van der Waals surface area contributed by atoms with Gasteiger partial charge in [-0.05, 0) is 33.6 Å². The van der Waals surface area contributed by atoms with Crippen molar-refractivity contribution in [1.29, 1.82) is 0 Å². The zero-order chi connectivity index (χ0) is 12.1. The number of likely N-dealkylation sites (tertiary alicyclic amines) is 1. The Morgan fingerprint density at radius 2 is 1.62 bits per heavy atom. The van der Waals surface area contributed by atoms with Crippen LogP contribution in [0.4, 0.5) is 4.79 Å². The highest BCUT2D eigenvalue weighted by molar-refractivity contribution is 5.86. The molecule has 1 fully saturated rings. The molecule has 0 saturated carbocycles. The molecule has 1 aliphatic rings. The lowest BCUT2D eigenvalue weighted by Gasteiger charge is -2.21. The minimum atomic E-state index is -0.447. The molecule has 2 N–H and O–H groups in total. The summed E-state index contributed by atoms with van der Waals surface area (Å²) in [5, 5.41) is 5.34. The highest BCUT2D eigenvalue weighted by atomic mass is 16.2. The lowest BCUT2D eigenvalue weighted by atomic mass is 10.3. The quantitative estimate of drug-likeness (QED) is 0.745. The van der Waals surface area contributed by atoms with Crippen LogP contribution < -0.4 is 10.6 Å². The van der Waals surface area contributed by atoms with Gasteiger partial charge in [0.1, 0.15) is 6.04 Å². The first kappa shape index (κ1) is 12.8. The largest absolute Gasteiger partial charge is 0.341 e. The summed E-state index contributed by atoms with van der Waals surface area (Å²) in [6.45, 7) is 7.12. The number of carbonyl (C=O) groups excluding carboxylic acids is 2. The maximum Gasteiger partial charge on any atom is 0.315 e. The molecule has 1 saturated heterocycles. The van der Waals surface area contributed by atoms with E-state index in [2.05, 4.69) is 10.6 Å². The van der Waals surface area contributed by atoms with E-state index in [4.69, 9.17) is 0 Å². The molecule has 5 heteroatoms. The van der Waals surface area contributed by atoms with Crippen molar-refractivity contribution in [3.05, 3.63) is 0 Å². The van der Waals surface area contributed by atoms with Crippen LogP contribution in [-0.2, 0) is 4.79 Å². The summed E-state index contributed by atoms with van der Waals surface area (Å²) >= 11 is 0. The molecule has 1 atom stereocenters. The third-order valence-electron chi connectivity index (χ3n) is 2.56. The number of nitrogens with one attached hydrogen (secondary N) is 2. The van der Waals surface area contributed by atoms with Crippen molar-refractivity contribution in [2.45, 2.75) is 45.7 Å². The smallest absolute Gasteiger partial charge is 0.315 e. The minimum absolute atomic E-state index is 0.0106. The van der Waals surface area contributed by atoms with Gasteiger partial charge in [0.2, 0.25) is 5.91 Å². The molecule has 0 aromatic carbocycles. The van der Waals surface area contributed by atoms with E-state index < -0.39 is 6.04 Å². The van der Waals surface area contributed by atoms with Crippen LogP contribution in [0.2, 0.25) is 0 Å². The maximum atomic E-state index is 11.8. The summed E-state index contributed by atoms with van der Waals surface area (Å²) in [6.07, 6.45) is 2.13. The van der Waals surface area contributed by atoms with Crippen molar-refractivity contribution in [3.63, 3.8) is 0 Å². The SMILES string of the molecule is CC(C)NC(=O)NC(C)C(=O)N1CCCC1. The number of carbonyl (C=O) groups is 2. The van der Waals surface area contributed by atoms with Gasteiger partial charge in [0.25, 0.3) is 0 Å². The van der Waals surface area contributed by atoms with Crippen molar-refractivity contribution < 1.29 is 9.59 Å². The molecular weight excluding hydrogens is 206 g/mol. The van der Waals surface area contributed by atoms with E-state index in [9.17, 15) is 9.59 Å². The van der Waals surface area contributed by atoms with E-state index in [1.165, 1.54) is 0 Å². The van der Waals surface area contributed by atoms with Gasteiger partial charge in [-0.2, -0.15) is 0 Å². The van der Waals surface area contributed by atoms with Crippen LogP contribution in [0.25, 0.3) is 0 Å². The molecule has 0 aromatic heterocycles. The normalized spacial score (nSPS) is 17.4. The summed E-state index contributed by atoms with van der Waals surface area (Å²) in [5.41, 5.74) is 0. The third kappa shape index (κ3) is 3.72. The first-order chi connectivity index (χ1) is 7.50. The summed E-state index contributed by atoms with van der Waals surface area (Å²) < 4.78 is 0. The summed E-state index contributed by atoms with van der Waals surface area (Å²) in [4.78, 5) is 25.0. The van der Waals surface area contributed by atoms with Crippen LogP contribution >= 0.6 is 0 Å². The van der Waals surface area contributed by atoms with Crippen molar-refractivity contribution in [2.24, 2.45) is 0 Å². The van der Waals surface area contributed by atoms with Gasteiger partial charge in [-0.3, -0.25) is 4.79 Å². The van der Waals surface area contributed by atoms with Gasteiger partial charge in [0.15, 0.2) is 0 Å². The van der Waals surface area contributed by atoms with Gasteiger partial charge < -0.3 is 15.5 Å². The molecule has 1 rings (SSSR count). The van der Waals surface area contributed by atoms with Gasteiger partial charge >= 0.3 is 6.03 Å². The molecule has 16 heavy (non-hydrogen) atoms. The molecule has 0 bridgehead atoms. The van der Waals surface area contributed by atoms with E-state index in [-0.39, 0.29) is 18.0 Å². The van der Waals surface area contributed by atoms with Crippen LogP contribution in [0, 0.1) is 0 Å². The van der Waals surface area contributed by atoms with E-state index in [1.807, 2.05) is 13.8 Å². The molecule has 3 amide bonds. The third-order valence-corrected chi connectivity index (χ3v) is 2.56. The number of hydrogen-bond donors (Lipinski definition) is 2. The van der Waals surface area contributed by atoms with Crippen molar-refractivity contribution in [2.75, 3.05) is 13.1 Å². The van der Waals surface area contributed by atoms with Crippen LogP contribution in [0.3, 0.4) is 0 Å². The van der Waals surface area contributed by atoms with Crippen molar-refractivity contribution >= 4 is 11.9 Å². The van der Waals surface area contributed by atoms with Gasteiger partial charge in [-0.15, -0.1) is 0 Å². The van der Waals surface area contributed by atoms with E-state index in [0.717, 1.165) is 25.9 Å². The Hall–Kier alpha value is -1.26. The highest BCUT2D eigenvalue weighted by Gasteiger charge is 2.24. The van der Waals surface area contributed by atoms with E-state index in [0.29, 0.717) is 0 Å². The molecule has 1 aliphatic heterocycles. The second-order valence-electron chi connectivity index (χ2n) is 4.53. The average Bonchev–Trinajstić information content (AvgIpc) is 2.67. The van der Waals surface area contributed by atoms with Crippen LogP contribution in [0.5, 0.6) is 0 Å². The predicted molar refractivity (Wildman–Crippen MR) is 62.1 cm³/mol. The lowest BCUT2D eigenvalue weighted by molar-refractivity contribution is -0.131. The van der Waals surface area contributed by atoms with Gasteiger partial charge in [0, 0.05) is 19.1 Å². The fraction of sp³-hybridized carbons (Fsp3) is 0.818. The standard InChI is InChI=1S/C11H21N3O2/c1-8(2)12-11(16)13-9(3)10(15)14-6-4-5-7-14/h8-9H,4-7H2,1-3H3,(H2,12,13,16). The number of amides is 3. The number of hydrogen-bond acceptors (Lipinski definition) is 2. The Kier molecular flexibility index (Phi) is 4.58. The first-order valence-electron chi connectivity index (χ1n) is 5.86. The fourth-order valence-electron chi connectivity index (χ4n) is 1.77. The van der Waals surface area contributed by atoms with Gasteiger partial charge in [-0.25, -0.2) is 4.79 Å².